The van der Waals surface area contributed by atoms with Gasteiger partial charge in [0.05, 0.1) is 11.3 Å². The van der Waals surface area contributed by atoms with Gasteiger partial charge in [0.2, 0.25) is 5.95 Å². The molecule has 33 heavy (non-hydrogen) atoms. The Bertz CT molecular complexity index is 1180. The first-order valence-corrected chi connectivity index (χ1v) is 11.5. The number of nitriles is 1. The normalized spacial score (nSPS) is 17.4. The molecule has 0 saturated carbocycles. The van der Waals surface area contributed by atoms with Gasteiger partial charge in [0.15, 0.2) is 0 Å². The second-order valence-electron chi connectivity index (χ2n) is 7.85. The van der Waals surface area contributed by atoms with Gasteiger partial charge in [-0.1, -0.05) is 50.3 Å². The summed E-state index contributed by atoms with van der Waals surface area (Å²) in [6.45, 7) is 5.12. The quantitative estimate of drug-likeness (QED) is 0.499. The van der Waals surface area contributed by atoms with Crippen LogP contribution in [0.1, 0.15) is 48.6 Å². The van der Waals surface area contributed by atoms with Gasteiger partial charge in [-0.15, -0.1) is 0 Å². The van der Waals surface area contributed by atoms with E-state index in [0.717, 1.165) is 30.0 Å². The number of nitrogens with one attached hydrogen (secondary N) is 1. The second kappa shape index (κ2) is 10.2. The van der Waals surface area contributed by atoms with Crippen LogP contribution in [0.5, 0.6) is 5.75 Å². The SMILES string of the molecule is CC.CN1C/C=C/COc2cc(ccc2C#N)Nc2nc3c(c1n2)CCC3c1ccccc1. The van der Waals surface area contributed by atoms with Crippen LogP contribution in [0.25, 0.3) is 0 Å². The van der Waals surface area contributed by atoms with Gasteiger partial charge in [-0.3, -0.25) is 0 Å². The van der Waals surface area contributed by atoms with Crippen molar-refractivity contribution < 1.29 is 4.74 Å². The number of aromatic nitrogens is 2. The van der Waals surface area contributed by atoms with E-state index in [1.807, 2.05) is 38.1 Å². The van der Waals surface area contributed by atoms with Crippen molar-refractivity contribution in [1.82, 2.24) is 9.97 Å². The number of hydrogen-bond acceptors (Lipinski definition) is 6. The van der Waals surface area contributed by atoms with E-state index in [9.17, 15) is 5.26 Å². The van der Waals surface area contributed by atoms with E-state index >= 15 is 0 Å². The first-order valence-electron chi connectivity index (χ1n) is 11.5. The fourth-order valence-electron chi connectivity index (χ4n) is 4.29. The van der Waals surface area contributed by atoms with Crippen molar-refractivity contribution >= 4 is 17.5 Å². The van der Waals surface area contributed by atoms with Crippen molar-refractivity contribution in [3.05, 3.63) is 83.1 Å². The van der Waals surface area contributed by atoms with Crippen LogP contribution >= 0.6 is 0 Å². The Hall–Kier alpha value is -3.85. The number of anilines is 3. The fourth-order valence-corrected chi connectivity index (χ4v) is 4.29. The average molecular weight is 440 g/mol. The van der Waals surface area contributed by atoms with Gasteiger partial charge >= 0.3 is 0 Å². The fraction of sp³-hybridized carbons (Fsp3) is 0.296. The Morgan fingerprint density at radius 2 is 1.91 bits per heavy atom. The molecule has 6 nitrogen and oxygen atoms in total. The number of ether oxygens (including phenoxy) is 1. The molecule has 168 valence electrons. The van der Waals surface area contributed by atoms with E-state index in [-0.39, 0.29) is 5.92 Å². The summed E-state index contributed by atoms with van der Waals surface area (Å²) in [5.41, 5.74) is 4.90. The molecule has 1 aliphatic carbocycles. The van der Waals surface area contributed by atoms with Crippen LogP contribution in [0.15, 0.2) is 60.7 Å². The lowest BCUT2D eigenvalue weighted by atomic mass is 9.97. The Morgan fingerprint density at radius 1 is 1.09 bits per heavy atom. The summed E-state index contributed by atoms with van der Waals surface area (Å²) in [6, 6.07) is 18.2. The second-order valence-corrected chi connectivity index (χ2v) is 7.85. The Kier molecular flexibility index (Phi) is 6.89. The molecule has 4 bridgehead atoms. The van der Waals surface area contributed by atoms with Crippen molar-refractivity contribution in [3.8, 4) is 11.8 Å². The van der Waals surface area contributed by atoms with Crippen LogP contribution in [-0.2, 0) is 6.42 Å². The van der Waals surface area contributed by atoms with E-state index in [4.69, 9.17) is 14.7 Å². The van der Waals surface area contributed by atoms with Gasteiger partial charge in [-0.2, -0.15) is 10.2 Å². The van der Waals surface area contributed by atoms with Crippen LogP contribution in [0, 0.1) is 11.3 Å². The highest BCUT2D eigenvalue weighted by Crippen LogP contribution is 2.41. The topological polar surface area (TPSA) is 74.1 Å². The molecule has 1 aliphatic heterocycles. The summed E-state index contributed by atoms with van der Waals surface area (Å²) in [4.78, 5) is 12.0. The van der Waals surface area contributed by atoms with Crippen molar-refractivity contribution in [3.63, 3.8) is 0 Å². The third-order valence-electron chi connectivity index (χ3n) is 5.83. The van der Waals surface area contributed by atoms with E-state index in [1.165, 1.54) is 11.1 Å². The molecule has 1 N–H and O–H groups in total. The summed E-state index contributed by atoms with van der Waals surface area (Å²) in [7, 11) is 2.06. The number of fused-ring (bicyclic) bond motifs is 6. The Balaban J connectivity index is 0.00000126. The molecule has 5 rings (SSSR count). The lowest BCUT2D eigenvalue weighted by Gasteiger charge is -2.21. The van der Waals surface area contributed by atoms with Gasteiger partial charge in [0, 0.05) is 36.8 Å². The highest BCUT2D eigenvalue weighted by Gasteiger charge is 2.30. The third-order valence-corrected chi connectivity index (χ3v) is 5.83. The maximum absolute atomic E-state index is 9.39. The highest BCUT2D eigenvalue weighted by atomic mass is 16.5. The standard InChI is InChI=1S/C25H23N5O.C2H6/c1-30-13-5-6-14-31-22-15-19(10-9-18(22)16-26)27-25-28-23-20(17-7-3-2-4-8-17)11-12-21(23)24(30)29-25;1-2/h2-10,15,20H,11-14H2,1H3,(H,27,28,29);1-2H3/b6-5+;. The summed E-state index contributed by atoms with van der Waals surface area (Å²) in [5.74, 6) is 2.33. The summed E-state index contributed by atoms with van der Waals surface area (Å²) in [6.07, 6.45) is 6.04. The molecule has 6 heteroatoms. The predicted molar refractivity (Wildman–Crippen MR) is 132 cm³/mol. The van der Waals surface area contributed by atoms with Crippen LogP contribution in [0.2, 0.25) is 0 Å². The molecule has 1 aromatic heterocycles. The Morgan fingerprint density at radius 3 is 2.70 bits per heavy atom. The van der Waals surface area contributed by atoms with Crippen LogP contribution in [-0.4, -0.2) is 30.2 Å². The van der Waals surface area contributed by atoms with E-state index in [1.54, 1.807) is 6.07 Å². The molecule has 2 heterocycles. The van der Waals surface area contributed by atoms with Crippen LogP contribution < -0.4 is 15.0 Å². The van der Waals surface area contributed by atoms with Gasteiger partial charge in [0.25, 0.3) is 0 Å². The zero-order valence-corrected chi connectivity index (χ0v) is 19.4. The zero-order chi connectivity index (χ0) is 23.2. The maximum Gasteiger partial charge on any atom is 0.229 e. The molecule has 0 amide bonds. The average Bonchev–Trinajstić information content (AvgIpc) is 3.29. The first-order chi connectivity index (χ1) is 16.2. The molecule has 3 aromatic rings. The molecule has 2 aromatic carbocycles. The maximum atomic E-state index is 9.39. The van der Waals surface area contributed by atoms with Crippen molar-refractivity contribution in [2.45, 2.75) is 32.6 Å². The molecule has 2 aliphatic rings. The summed E-state index contributed by atoms with van der Waals surface area (Å²) < 4.78 is 5.82. The molecule has 0 fully saturated rings. The van der Waals surface area contributed by atoms with Crippen LogP contribution in [0.3, 0.4) is 0 Å². The minimum Gasteiger partial charge on any atom is -0.488 e. The number of hydrogen-bond donors (Lipinski definition) is 1. The van der Waals surface area contributed by atoms with Crippen molar-refractivity contribution in [2.75, 3.05) is 30.4 Å². The largest absolute Gasteiger partial charge is 0.488 e. The van der Waals surface area contributed by atoms with Crippen molar-refractivity contribution in [1.29, 1.82) is 5.26 Å². The van der Waals surface area contributed by atoms with Gasteiger partial charge in [-0.25, -0.2) is 4.98 Å². The van der Waals surface area contributed by atoms with Crippen molar-refractivity contribution in [2.24, 2.45) is 0 Å². The molecule has 0 radical (unpaired) electrons. The first kappa shape index (κ1) is 22.3. The number of rotatable bonds is 1. The molecule has 1 atom stereocenters. The van der Waals surface area contributed by atoms with E-state index in [0.29, 0.717) is 30.4 Å². The third kappa shape index (κ3) is 4.68. The molecular weight excluding hydrogens is 410 g/mol. The van der Waals surface area contributed by atoms with Crippen LogP contribution in [0.4, 0.5) is 17.5 Å². The Labute approximate surface area is 195 Å². The number of benzene rings is 2. The minimum atomic E-state index is 0.262. The highest BCUT2D eigenvalue weighted by molar-refractivity contribution is 5.63. The van der Waals surface area contributed by atoms with Gasteiger partial charge < -0.3 is 15.0 Å². The lowest BCUT2D eigenvalue weighted by molar-refractivity contribution is 0.362. The molecular formula is C27H29N5O. The van der Waals surface area contributed by atoms with E-state index < -0.39 is 0 Å². The molecule has 0 saturated heterocycles. The van der Waals surface area contributed by atoms with Gasteiger partial charge in [0.1, 0.15) is 24.2 Å². The number of likely N-dealkylation sites (N-methyl/N-ethyl adjacent to an activating group) is 1. The van der Waals surface area contributed by atoms with Gasteiger partial charge in [-0.05, 0) is 36.6 Å². The summed E-state index contributed by atoms with van der Waals surface area (Å²) in [5, 5.41) is 12.7. The predicted octanol–water partition coefficient (Wildman–Crippen LogP) is 5.58. The molecule has 1 unspecified atom stereocenters. The zero-order valence-electron chi connectivity index (χ0n) is 19.4. The lowest BCUT2D eigenvalue weighted by Crippen LogP contribution is -2.21. The molecule has 0 spiro atoms. The summed E-state index contributed by atoms with van der Waals surface area (Å²) >= 11 is 0. The monoisotopic (exact) mass is 439 g/mol. The minimum absolute atomic E-state index is 0.262. The smallest absolute Gasteiger partial charge is 0.229 e. The number of nitrogens with zero attached hydrogens (tertiary/aromatic N) is 4. The van der Waals surface area contributed by atoms with E-state index in [2.05, 4.69) is 53.7 Å².